The molecule has 0 amide bonds. The molecule has 36 heavy (non-hydrogen) atoms. The van der Waals surface area contributed by atoms with Crippen molar-refractivity contribution in [2.75, 3.05) is 12.4 Å². The molecular weight excluding hydrogens is 448 g/mol. The first-order valence-corrected chi connectivity index (χ1v) is 12.5. The molecule has 2 aromatic carbocycles. The number of methoxy groups -OCH3 is 1. The number of anilines is 1. The average Bonchev–Trinajstić information content (AvgIpc) is 3.65. The molecule has 1 N–H and O–H groups in total. The fourth-order valence-electron chi connectivity index (χ4n) is 5.35. The van der Waals surface area contributed by atoms with Crippen LogP contribution in [0.15, 0.2) is 67.1 Å². The predicted molar refractivity (Wildman–Crippen MR) is 143 cm³/mol. The van der Waals surface area contributed by atoms with Crippen molar-refractivity contribution >= 4 is 11.3 Å². The minimum atomic E-state index is 0.401. The van der Waals surface area contributed by atoms with E-state index in [-0.39, 0.29) is 0 Å². The van der Waals surface area contributed by atoms with Gasteiger partial charge in [0, 0.05) is 42.8 Å². The Kier molecular flexibility index (Phi) is 5.68. The van der Waals surface area contributed by atoms with Gasteiger partial charge < -0.3 is 14.6 Å². The van der Waals surface area contributed by atoms with Gasteiger partial charge in [-0.25, -0.2) is 14.5 Å². The maximum atomic E-state index is 5.66. The van der Waals surface area contributed by atoms with Crippen molar-refractivity contribution in [3.05, 3.63) is 72.7 Å². The summed E-state index contributed by atoms with van der Waals surface area (Å²) < 4.78 is 9.59. The van der Waals surface area contributed by atoms with Crippen LogP contribution < -0.4 is 10.1 Å². The van der Waals surface area contributed by atoms with Crippen molar-refractivity contribution in [2.24, 2.45) is 7.05 Å². The zero-order valence-electron chi connectivity index (χ0n) is 20.9. The number of ether oxygens (including phenoxy) is 1. The molecule has 1 fully saturated rings. The monoisotopic (exact) mass is 478 g/mol. The van der Waals surface area contributed by atoms with Crippen LogP contribution in [0, 0.1) is 6.92 Å². The summed E-state index contributed by atoms with van der Waals surface area (Å²) in [6.07, 6.45) is 10.6. The first-order chi connectivity index (χ1) is 17.6. The number of imidazole rings is 1. The number of nitrogens with zero attached hydrogens (tertiary/aromatic N) is 5. The molecule has 0 unspecified atom stereocenters. The lowest BCUT2D eigenvalue weighted by Gasteiger charge is -2.16. The molecule has 0 bridgehead atoms. The van der Waals surface area contributed by atoms with Crippen molar-refractivity contribution in [1.82, 2.24) is 24.1 Å². The summed E-state index contributed by atoms with van der Waals surface area (Å²) in [6, 6.07) is 17.1. The van der Waals surface area contributed by atoms with Gasteiger partial charge in [-0.05, 0) is 42.5 Å². The fourth-order valence-corrected chi connectivity index (χ4v) is 5.35. The molecule has 0 spiro atoms. The number of fused-ring (bicyclic) bond motifs is 1. The second-order valence-corrected chi connectivity index (χ2v) is 9.48. The Labute approximate surface area is 210 Å². The zero-order valence-corrected chi connectivity index (χ0v) is 20.9. The molecule has 6 rings (SSSR count). The minimum Gasteiger partial charge on any atom is -0.496 e. The van der Waals surface area contributed by atoms with E-state index in [9.17, 15) is 0 Å². The van der Waals surface area contributed by atoms with E-state index in [0.717, 1.165) is 63.6 Å². The van der Waals surface area contributed by atoms with Crippen molar-refractivity contribution in [2.45, 2.75) is 38.6 Å². The molecule has 0 radical (unpaired) electrons. The minimum absolute atomic E-state index is 0.401. The van der Waals surface area contributed by atoms with Crippen LogP contribution in [0.1, 0.15) is 31.2 Å². The highest BCUT2D eigenvalue weighted by Crippen LogP contribution is 2.42. The van der Waals surface area contributed by atoms with Gasteiger partial charge in [-0.1, -0.05) is 55.3 Å². The number of aryl methyl sites for hydroxylation is 1. The molecule has 0 atom stereocenters. The van der Waals surface area contributed by atoms with Crippen molar-refractivity contribution in [3.8, 4) is 39.7 Å². The molecule has 0 aliphatic heterocycles. The first-order valence-electron chi connectivity index (χ1n) is 12.5. The lowest BCUT2D eigenvalue weighted by atomic mass is 9.94. The van der Waals surface area contributed by atoms with Crippen LogP contribution in [0.5, 0.6) is 5.75 Å². The number of benzene rings is 2. The van der Waals surface area contributed by atoms with E-state index in [1.54, 1.807) is 13.3 Å². The van der Waals surface area contributed by atoms with Crippen LogP contribution in [0.4, 0.5) is 5.82 Å². The summed E-state index contributed by atoms with van der Waals surface area (Å²) in [7, 11) is 3.69. The summed E-state index contributed by atoms with van der Waals surface area (Å²) in [6.45, 7) is 2.11. The topological polar surface area (TPSA) is 69.3 Å². The van der Waals surface area contributed by atoms with Crippen molar-refractivity contribution in [3.63, 3.8) is 0 Å². The smallest absolute Gasteiger partial charge is 0.218 e. The van der Waals surface area contributed by atoms with Crippen molar-refractivity contribution < 1.29 is 4.74 Å². The zero-order chi connectivity index (χ0) is 24.6. The first kappa shape index (κ1) is 22.3. The largest absolute Gasteiger partial charge is 0.496 e. The Hall–Kier alpha value is -4.13. The van der Waals surface area contributed by atoms with E-state index < -0.39 is 0 Å². The van der Waals surface area contributed by atoms with Crippen molar-refractivity contribution in [1.29, 1.82) is 0 Å². The Morgan fingerprint density at radius 1 is 1.00 bits per heavy atom. The quantitative estimate of drug-likeness (QED) is 0.318. The molecular formula is C29H30N6O. The second-order valence-electron chi connectivity index (χ2n) is 9.48. The molecule has 5 aromatic rings. The maximum Gasteiger partial charge on any atom is 0.218 e. The number of hydrogen-bond acceptors (Lipinski definition) is 5. The third kappa shape index (κ3) is 3.81. The molecule has 3 aromatic heterocycles. The van der Waals surface area contributed by atoms with E-state index in [1.807, 2.05) is 40.5 Å². The molecule has 1 aliphatic rings. The highest BCUT2D eigenvalue weighted by molar-refractivity contribution is 5.99. The van der Waals surface area contributed by atoms with Crippen LogP contribution >= 0.6 is 0 Å². The van der Waals surface area contributed by atoms with Gasteiger partial charge >= 0.3 is 0 Å². The average molecular weight is 479 g/mol. The van der Waals surface area contributed by atoms with Crippen LogP contribution in [-0.2, 0) is 7.05 Å². The lowest BCUT2D eigenvalue weighted by molar-refractivity contribution is 0.412. The number of hydrogen-bond donors (Lipinski definition) is 1. The van der Waals surface area contributed by atoms with E-state index in [4.69, 9.17) is 14.8 Å². The molecule has 0 saturated heterocycles. The molecule has 7 heteroatoms. The summed E-state index contributed by atoms with van der Waals surface area (Å²) in [5.74, 6) is 3.05. The van der Waals surface area contributed by atoms with E-state index in [1.165, 1.54) is 12.8 Å². The standard InChI is InChI=1S/C29H30N6O/c1-19-22(14-9-15-24(19)36-3)23-18-35-26(25(23)20-10-5-4-6-11-20)27(31-21-12-7-8-13-21)32-28(33-35)29-30-16-17-34(29)2/h4-6,9-11,14-18,21H,7-8,12-13H2,1-3H3,(H,31,32,33). The van der Waals surface area contributed by atoms with Gasteiger partial charge in [0.15, 0.2) is 11.6 Å². The van der Waals surface area contributed by atoms with Crippen LogP contribution in [0.2, 0.25) is 0 Å². The second kappa shape index (κ2) is 9.15. The third-order valence-electron chi connectivity index (χ3n) is 7.20. The lowest BCUT2D eigenvalue weighted by Crippen LogP contribution is -2.17. The van der Waals surface area contributed by atoms with Gasteiger partial charge in [-0.2, -0.15) is 0 Å². The highest BCUT2D eigenvalue weighted by Gasteiger charge is 2.25. The van der Waals surface area contributed by atoms with Crippen LogP contribution in [0.25, 0.3) is 39.4 Å². The summed E-state index contributed by atoms with van der Waals surface area (Å²) >= 11 is 0. The Morgan fingerprint density at radius 2 is 1.81 bits per heavy atom. The molecule has 182 valence electrons. The van der Waals surface area contributed by atoms with Gasteiger partial charge in [0.1, 0.15) is 11.3 Å². The van der Waals surface area contributed by atoms with Gasteiger partial charge in [0.2, 0.25) is 5.82 Å². The molecule has 1 saturated carbocycles. The normalized spacial score (nSPS) is 14.0. The number of rotatable bonds is 6. The highest BCUT2D eigenvalue weighted by atomic mass is 16.5. The van der Waals surface area contributed by atoms with Gasteiger partial charge in [-0.3, -0.25) is 0 Å². The summed E-state index contributed by atoms with van der Waals surface area (Å²) in [5.41, 5.74) is 6.51. The maximum absolute atomic E-state index is 5.66. The number of aromatic nitrogens is 5. The predicted octanol–water partition coefficient (Wildman–Crippen LogP) is 6.14. The molecule has 7 nitrogen and oxygen atoms in total. The summed E-state index contributed by atoms with van der Waals surface area (Å²) in [5, 5.41) is 8.75. The van der Waals surface area contributed by atoms with E-state index in [2.05, 4.69) is 53.8 Å². The molecule has 1 aliphatic carbocycles. The van der Waals surface area contributed by atoms with Crippen LogP contribution in [0.3, 0.4) is 0 Å². The van der Waals surface area contributed by atoms with Gasteiger partial charge in [-0.15, -0.1) is 5.10 Å². The van der Waals surface area contributed by atoms with E-state index in [0.29, 0.717) is 11.9 Å². The Morgan fingerprint density at radius 3 is 2.53 bits per heavy atom. The Balaban J connectivity index is 1.67. The third-order valence-corrected chi connectivity index (χ3v) is 7.20. The van der Waals surface area contributed by atoms with Gasteiger partial charge in [0.05, 0.1) is 7.11 Å². The van der Waals surface area contributed by atoms with Crippen LogP contribution in [-0.4, -0.2) is 37.3 Å². The van der Waals surface area contributed by atoms with Gasteiger partial charge in [0.25, 0.3) is 0 Å². The molecule has 3 heterocycles. The summed E-state index contributed by atoms with van der Waals surface area (Å²) in [4.78, 5) is 9.59. The fraction of sp³-hybridized carbons (Fsp3) is 0.276. The SMILES string of the molecule is COc1cccc(-c2cn3nc(-c4nccn4C)nc(NC4CCCC4)c3c2-c2ccccc2)c1C. The Bertz CT molecular complexity index is 1530. The number of nitrogens with one attached hydrogen (secondary N) is 1. The van der Waals surface area contributed by atoms with E-state index >= 15 is 0 Å².